The molecule has 1 aromatic heterocycles. The Morgan fingerprint density at radius 1 is 1.50 bits per heavy atom. The first-order valence-electron chi connectivity index (χ1n) is 5.79. The van der Waals surface area contributed by atoms with Gasteiger partial charge in [0.25, 0.3) is 5.69 Å². The largest absolute Gasteiger partial charge is 0.373 e. The molecule has 104 valence electrons. The van der Waals surface area contributed by atoms with Crippen LogP contribution < -0.4 is 5.32 Å². The van der Waals surface area contributed by atoms with Crippen molar-refractivity contribution < 1.29 is 9.31 Å². The number of nitro benzene ring substituents is 1. The first-order valence-corrected chi connectivity index (χ1v) is 6.16. The van der Waals surface area contributed by atoms with Crippen molar-refractivity contribution in [2.75, 3.05) is 5.32 Å². The third-order valence-electron chi connectivity index (χ3n) is 2.79. The summed E-state index contributed by atoms with van der Waals surface area (Å²) in [5, 5.41) is 13.6. The molecular formula is C13H11ClFN3O2. The number of nitro groups is 1. The van der Waals surface area contributed by atoms with Crippen LogP contribution in [-0.4, -0.2) is 9.91 Å². The maximum atomic E-state index is 13.5. The van der Waals surface area contributed by atoms with Crippen molar-refractivity contribution in [2.45, 2.75) is 13.0 Å². The zero-order valence-corrected chi connectivity index (χ0v) is 11.3. The van der Waals surface area contributed by atoms with Crippen molar-refractivity contribution >= 4 is 23.0 Å². The Kier molecular flexibility index (Phi) is 4.14. The van der Waals surface area contributed by atoms with E-state index < -0.39 is 10.7 Å². The highest BCUT2D eigenvalue weighted by Crippen LogP contribution is 2.32. The molecule has 1 N–H and O–H groups in total. The fourth-order valence-electron chi connectivity index (χ4n) is 1.75. The normalized spacial score (nSPS) is 11.9. The van der Waals surface area contributed by atoms with E-state index in [1.54, 1.807) is 25.4 Å². The molecule has 7 heteroatoms. The minimum atomic E-state index is -0.710. The number of nitrogens with zero attached hydrogens (tertiary/aromatic N) is 2. The summed E-state index contributed by atoms with van der Waals surface area (Å²) in [6, 6.07) is 5.33. The second-order valence-electron chi connectivity index (χ2n) is 4.19. The SMILES string of the molecule is CC(Nc1cc(F)c(Cl)cc1[N+](=O)[O-])c1cccnc1. The van der Waals surface area contributed by atoms with Gasteiger partial charge in [-0.3, -0.25) is 15.1 Å². The molecule has 1 atom stereocenters. The fraction of sp³-hybridized carbons (Fsp3) is 0.154. The molecule has 1 unspecified atom stereocenters. The lowest BCUT2D eigenvalue weighted by Crippen LogP contribution is -2.09. The number of nitrogens with one attached hydrogen (secondary N) is 1. The summed E-state index contributed by atoms with van der Waals surface area (Å²) in [6.45, 7) is 1.80. The molecule has 0 amide bonds. The van der Waals surface area contributed by atoms with Crippen LogP contribution in [-0.2, 0) is 0 Å². The fourth-order valence-corrected chi connectivity index (χ4v) is 1.91. The molecular weight excluding hydrogens is 285 g/mol. The number of halogens is 2. The van der Waals surface area contributed by atoms with E-state index in [-0.39, 0.29) is 22.4 Å². The Hall–Kier alpha value is -2.21. The molecule has 1 heterocycles. The lowest BCUT2D eigenvalue weighted by molar-refractivity contribution is -0.384. The Morgan fingerprint density at radius 3 is 2.85 bits per heavy atom. The molecule has 0 bridgehead atoms. The number of anilines is 1. The number of hydrogen-bond acceptors (Lipinski definition) is 4. The summed E-state index contributed by atoms with van der Waals surface area (Å²) in [5.74, 6) is -0.710. The average Bonchev–Trinajstić information content (AvgIpc) is 2.43. The maximum Gasteiger partial charge on any atom is 0.294 e. The second kappa shape index (κ2) is 5.83. The highest BCUT2D eigenvalue weighted by Gasteiger charge is 2.19. The van der Waals surface area contributed by atoms with E-state index in [1.807, 2.05) is 6.07 Å². The molecule has 0 aliphatic rings. The second-order valence-corrected chi connectivity index (χ2v) is 4.60. The van der Waals surface area contributed by atoms with E-state index in [9.17, 15) is 14.5 Å². The molecule has 0 spiro atoms. The standard InChI is InChI=1S/C13H11ClFN3O2/c1-8(9-3-2-4-16-7-9)17-12-6-11(15)10(14)5-13(12)18(19)20/h2-8,17H,1H3. The molecule has 5 nitrogen and oxygen atoms in total. The van der Waals surface area contributed by atoms with Crippen LogP contribution in [0.2, 0.25) is 5.02 Å². The molecule has 0 aliphatic carbocycles. The number of aromatic nitrogens is 1. The number of pyridine rings is 1. The zero-order valence-electron chi connectivity index (χ0n) is 10.5. The lowest BCUT2D eigenvalue weighted by atomic mass is 10.1. The third kappa shape index (κ3) is 3.03. The van der Waals surface area contributed by atoms with Crippen molar-refractivity contribution in [1.29, 1.82) is 0 Å². The molecule has 2 rings (SSSR count). The van der Waals surface area contributed by atoms with Gasteiger partial charge in [0.1, 0.15) is 11.5 Å². The topological polar surface area (TPSA) is 68.1 Å². The molecule has 0 aliphatic heterocycles. The van der Waals surface area contributed by atoms with E-state index >= 15 is 0 Å². The van der Waals surface area contributed by atoms with Crippen LogP contribution >= 0.6 is 11.6 Å². The number of benzene rings is 1. The van der Waals surface area contributed by atoms with Gasteiger partial charge in [-0.15, -0.1) is 0 Å². The Bertz CT molecular complexity index is 637. The van der Waals surface area contributed by atoms with Gasteiger partial charge in [0.15, 0.2) is 0 Å². The zero-order chi connectivity index (χ0) is 14.7. The van der Waals surface area contributed by atoms with Crippen LogP contribution in [0.3, 0.4) is 0 Å². The van der Waals surface area contributed by atoms with E-state index in [0.29, 0.717) is 0 Å². The predicted molar refractivity (Wildman–Crippen MR) is 74.3 cm³/mol. The van der Waals surface area contributed by atoms with E-state index in [2.05, 4.69) is 10.3 Å². The monoisotopic (exact) mass is 295 g/mol. The van der Waals surface area contributed by atoms with Gasteiger partial charge in [-0.05, 0) is 18.6 Å². The van der Waals surface area contributed by atoms with E-state index in [4.69, 9.17) is 11.6 Å². The van der Waals surface area contributed by atoms with Gasteiger partial charge in [0.05, 0.1) is 16.0 Å². The summed E-state index contributed by atoms with van der Waals surface area (Å²) in [6.07, 6.45) is 3.26. The van der Waals surface area contributed by atoms with E-state index in [0.717, 1.165) is 17.7 Å². The van der Waals surface area contributed by atoms with Crippen LogP contribution in [0.1, 0.15) is 18.5 Å². The highest BCUT2D eigenvalue weighted by molar-refractivity contribution is 6.31. The molecule has 1 aromatic carbocycles. The summed E-state index contributed by atoms with van der Waals surface area (Å²) < 4.78 is 13.5. The van der Waals surface area contributed by atoms with Crippen LogP contribution in [0.15, 0.2) is 36.7 Å². The van der Waals surface area contributed by atoms with Crippen LogP contribution in [0.25, 0.3) is 0 Å². The van der Waals surface area contributed by atoms with Gasteiger partial charge < -0.3 is 5.32 Å². The van der Waals surface area contributed by atoms with Gasteiger partial charge >= 0.3 is 0 Å². The first-order chi connectivity index (χ1) is 9.49. The van der Waals surface area contributed by atoms with Crippen molar-refractivity contribution in [3.05, 3.63) is 63.2 Å². The molecule has 0 fully saturated rings. The first kappa shape index (κ1) is 14.2. The highest BCUT2D eigenvalue weighted by atomic mass is 35.5. The summed E-state index contributed by atoms with van der Waals surface area (Å²) in [5.41, 5.74) is 0.637. The molecule has 0 radical (unpaired) electrons. The quantitative estimate of drug-likeness (QED) is 0.685. The minimum Gasteiger partial charge on any atom is -0.373 e. The van der Waals surface area contributed by atoms with Gasteiger partial charge in [0, 0.05) is 24.5 Å². The Labute approximate surface area is 119 Å². The lowest BCUT2D eigenvalue weighted by Gasteiger charge is -2.15. The van der Waals surface area contributed by atoms with Crippen LogP contribution in [0.5, 0.6) is 0 Å². The molecule has 0 saturated carbocycles. The minimum absolute atomic E-state index is 0.0771. The van der Waals surface area contributed by atoms with Gasteiger partial charge in [-0.1, -0.05) is 17.7 Å². The maximum absolute atomic E-state index is 13.5. The van der Waals surface area contributed by atoms with Crippen molar-refractivity contribution in [1.82, 2.24) is 4.98 Å². The number of hydrogen-bond donors (Lipinski definition) is 1. The molecule has 20 heavy (non-hydrogen) atoms. The number of rotatable bonds is 4. The summed E-state index contributed by atoms with van der Waals surface area (Å²) in [4.78, 5) is 14.3. The van der Waals surface area contributed by atoms with Crippen molar-refractivity contribution in [2.24, 2.45) is 0 Å². The molecule has 0 saturated heterocycles. The van der Waals surface area contributed by atoms with Crippen molar-refractivity contribution in [3.8, 4) is 0 Å². The van der Waals surface area contributed by atoms with Gasteiger partial charge in [-0.2, -0.15) is 0 Å². The molecule has 2 aromatic rings. The summed E-state index contributed by atoms with van der Waals surface area (Å²) in [7, 11) is 0. The average molecular weight is 296 g/mol. The Morgan fingerprint density at radius 2 is 2.25 bits per heavy atom. The smallest absolute Gasteiger partial charge is 0.294 e. The predicted octanol–water partition coefficient (Wildman–Crippen LogP) is 3.96. The van der Waals surface area contributed by atoms with Crippen LogP contribution in [0.4, 0.5) is 15.8 Å². The van der Waals surface area contributed by atoms with Gasteiger partial charge in [-0.25, -0.2) is 4.39 Å². The van der Waals surface area contributed by atoms with E-state index in [1.165, 1.54) is 0 Å². The van der Waals surface area contributed by atoms with Gasteiger partial charge in [0.2, 0.25) is 0 Å². The summed E-state index contributed by atoms with van der Waals surface area (Å²) >= 11 is 5.57. The Balaban J connectivity index is 2.33. The third-order valence-corrected chi connectivity index (χ3v) is 3.08. The van der Waals surface area contributed by atoms with Crippen molar-refractivity contribution in [3.63, 3.8) is 0 Å². The van der Waals surface area contributed by atoms with Crippen LogP contribution in [0, 0.1) is 15.9 Å².